The molecule has 1 amide bonds. The quantitative estimate of drug-likeness (QED) is 0.728. The first-order valence-corrected chi connectivity index (χ1v) is 9.86. The Morgan fingerprint density at radius 3 is 2.57 bits per heavy atom. The van der Waals surface area contributed by atoms with Gasteiger partial charge in [-0.2, -0.15) is 13.2 Å². The molecule has 156 valence electrons. The third-order valence-corrected chi connectivity index (χ3v) is 5.00. The Morgan fingerprint density at radius 1 is 1.14 bits per heavy atom. The molecule has 1 aromatic rings. The number of ether oxygens (including phenoxy) is 2. The lowest BCUT2D eigenvalue weighted by molar-refractivity contribution is -0.137. The van der Waals surface area contributed by atoms with Gasteiger partial charge in [0, 0.05) is 25.4 Å². The first-order valence-electron chi connectivity index (χ1n) is 9.86. The van der Waals surface area contributed by atoms with Crippen LogP contribution >= 0.6 is 0 Å². The molecule has 0 bridgehead atoms. The Balaban J connectivity index is 1.59. The van der Waals surface area contributed by atoms with Gasteiger partial charge in [-0.05, 0) is 56.5 Å². The van der Waals surface area contributed by atoms with E-state index in [1.807, 2.05) is 18.2 Å². The number of rotatable bonds is 8. The van der Waals surface area contributed by atoms with Crippen molar-refractivity contribution < 1.29 is 27.4 Å². The van der Waals surface area contributed by atoms with Crippen LogP contribution in [-0.2, 0) is 11.2 Å². The minimum absolute atomic E-state index is 0.114. The van der Waals surface area contributed by atoms with Gasteiger partial charge in [0.1, 0.15) is 13.2 Å². The number of carbonyl (C=O) groups is 1. The van der Waals surface area contributed by atoms with Crippen molar-refractivity contribution in [2.75, 3.05) is 32.8 Å². The first kappa shape index (κ1) is 20.8. The van der Waals surface area contributed by atoms with Crippen molar-refractivity contribution in [3.63, 3.8) is 0 Å². The molecule has 0 aliphatic carbocycles. The molecular formula is C20H27F3N2O3. The largest absolute Gasteiger partial charge is 0.486 e. The van der Waals surface area contributed by atoms with Gasteiger partial charge in [-0.1, -0.05) is 6.07 Å². The van der Waals surface area contributed by atoms with Crippen molar-refractivity contribution in [1.82, 2.24) is 10.2 Å². The number of likely N-dealkylation sites (tertiary alicyclic amines) is 1. The van der Waals surface area contributed by atoms with Crippen molar-refractivity contribution in [1.29, 1.82) is 0 Å². The van der Waals surface area contributed by atoms with Crippen LogP contribution in [-0.4, -0.2) is 55.9 Å². The maximum atomic E-state index is 12.3. The molecule has 1 aromatic carbocycles. The fraction of sp³-hybridized carbons (Fsp3) is 0.650. The van der Waals surface area contributed by atoms with E-state index in [4.69, 9.17) is 9.47 Å². The highest BCUT2D eigenvalue weighted by atomic mass is 19.4. The maximum Gasteiger partial charge on any atom is 0.389 e. The number of benzene rings is 1. The van der Waals surface area contributed by atoms with Gasteiger partial charge in [-0.15, -0.1) is 0 Å². The molecule has 8 heteroatoms. The van der Waals surface area contributed by atoms with Crippen LogP contribution in [0.4, 0.5) is 13.2 Å². The predicted molar refractivity (Wildman–Crippen MR) is 98.6 cm³/mol. The molecule has 0 radical (unpaired) electrons. The van der Waals surface area contributed by atoms with E-state index in [1.165, 1.54) is 0 Å². The summed E-state index contributed by atoms with van der Waals surface area (Å²) in [5, 5.41) is 2.94. The number of nitrogens with one attached hydrogen (secondary N) is 1. The molecule has 1 saturated heterocycles. The number of fused-ring (bicyclic) bond motifs is 1. The molecule has 1 atom stereocenters. The summed E-state index contributed by atoms with van der Waals surface area (Å²) >= 11 is 0. The number of nitrogens with zero attached hydrogens (tertiary/aromatic N) is 1. The van der Waals surface area contributed by atoms with Crippen LogP contribution < -0.4 is 14.8 Å². The average molecular weight is 400 g/mol. The monoisotopic (exact) mass is 400 g/mol. The molecule has 0 unspecified atom stereocenters. The molecule has 5 nitrogen and oxygen atoms in total. The molecule has 0 saturated carbocycles. The molecule has 2 heterocycles. The number of halogens is 3. The average Bonchev–Trinajstić information content (AvgIpc) is 3.13. The molecule has 2 aliphatic rings. The summed E-state index contributed by atoms with van der Waals surface area (Å²) in [5.41, 5.74) is 1.00. The summed E-state index contributed by atoms with van der Waals surface area (Å²) in [5.74, 6) is 1.08. The molecule has 28 heavy (non-hydrogen) atoms. The first-order chi connectivity index (χ1) is 13.4. The lowest BCUT2D eigenvalue weighted by Crippen LogP contribution is -2.44. The lowest BCUT2D eigenvalue weighted by Gasteiger charge is -2.25. The molecule has 0 aromatic heterocycles. The van der Waals surface area contributed by atoms with Gasteiger partial charge in [0.15, 0.2) is 11.5 Å². The van der Waals surface area contributed by atoms with Gasteiger partial charge >= 0.3 is 6.18 Å². The van der Waals surface area contributed by atoms with Gasteiger partial charge in [0.05, 0.1) is 0 Å². The van der Waals surface area contributed by atoms with Crippen molar-refractivity contribution in [2.45, 2.75) is 50.7 Å². The SMILES string of the molecule is O=C(CCCC(F)(F)F)N[C@@H](Cc1ccc2c(c1)OCCO2)CN1CCCC1. The van der Waals surface area contributed by atoms with Gasteiger partial charge in [0.25, 0.3) is 0 Å². The van der Waals surface area contributed by atoms with E-state index in [2.05, 4.69) is 10.2 Å². The third-order valence-electron chi connectivity index (χ3n) is 5.00. The Morgan fingerprint density at radius 2 is 1.86 bits per heavy atom. The van der Waals surface area contributed by atoms with E-state index in [0.29, 0.717) is 37.7 Å². The van der Waals surface area contributed by atoms with Crippen molar-refractivity contribution >= 4 is 5.91 Å². The normalized spacial score (nSPS) is 18.1. The van der Waals surface area contributed by atoms with Gasteiger partial charge in [0.2, 0.25) is 5.91 Å². The zero-order valence-electron chi connectivity index (χ0n) is 15.9. The van der Waals surface area contributed by atoms with Crippen LogP contribution in [0.25, 0.3) is 0 Å². The van der Waals surface area contributed by atoms with Crippen LogP contribution in [0.3, 0.4) is 0 Å². The molecule has 0 spiro atoms. The highest BCUT2D eigenvalue weighted by Gasteiger charge is 2.27. The third kappa shape index (κ3) is 6.58. The molecule has 3 rings (SSSR count). The van der Waals surface area contributed by atoms with E-state index in [1.54, 1.807) is 0 Å². The molecule has 1 fully saturated rings. The van der Waals surface area contributed by atoms with E-state index in [9.17, 15) is 18.0 Å². The topological polar surface area (TPSA) is 50.8 Å². The van der Waals surface area contributed by atoms with Gasteiger partial charge < -0.3 is 19.7 Å². The summed E-state index contributed by atoms with van der Waals surface area (Å²) in [7, 11) is 0. The Labute approximate surface area is 163 Å². The van der Waals surface area contributed by atoms with Gasteiger partial charge in [-0.3, -0.25) is 4.79 Å². The van der Waals surface area contributed by atoms with Crippen molar-refractivity contribution in [2.24, 2.45) is 0 Å². The van der Waals surface area contributed by atoms with Crippen LogP contribution in [0.2, 0.25) is 0 Å². The van der Waals surface area contributed by atoms with Crippen LogP contribution in [0.5, 0.6) is 11.5 Å². The number of hydrogen-bond donors (Lipinski definition) is 1. The summed E-state index contributed by atoms with van der Waals surface area (Å²) in [6.45, 7) is 3.70. The Hall–Kier alpha value is -1.96. The highest BCUT2D eigenvalue weighted by Crippen LogP contribution is 2.31. The van der Waals surface area contributed by atoms with E-state index >= 15 is 0 Å². The Bertz CT molecular complexity index is 661. The molecule has 1 N–H and O–H groups in total. The fourth-order valence-corrected chi connectivity index (χ4v) is 3.69. The fourth-order valence-electron chi connectivity index (χ4n) is 3.69. The number of alkyl halides is 3. The summed E-state index contributed by atoms with van der Waals surface area (Å²) < 4.78 is 48.1. The number of hydrogen-bond acceptors (Lipinski definition) is 4. The number of amides is 1. The minimum atomic E-state index is -4.22. The number of carbonyl (C=O) groups excluding carboxylic acids is 1. The molecule has 2 aliphatic heterocycles. The van der Waals surface area contributed by atoms with Crippen molar-refractivity contribution in [3.8, 4) is 11.5 Å². The van der Waals surface area contributed by atoms with Gasteiger partial charge in [-0.25, -0.2) is 0 Å². The predicted octanol–water partition coefficient (Wildman–Crippen LogP) is 3.31. The Kier molecular flexibility index (Phi) is 7.04. The molecular weight excluding hydrogens is 373 g/mol. The zero-order valence-corrected chi connectivity index (χ0v) is 15.9. The van der Waals surface area contributed by atoms with E-state index in [-0.39, 0.29) is 24.8 Å². The minimum Gasteiger partial charge on any atom is -0.486 e. The van der Waals surface area contributed by atoms with Crippen LogP contribution in [0.1, 0.15) is 37.7 Å². The van der Waals surface area contributed by atoms with Crippen LogP contribution in [0, 0.1) is 0 Å². The van der Waals surface area contributed by atoms with E-state index in [0.717, 1.165) is 31.5 Å². The summed E-state index contributed by atoms with van der Waals surface area (Å²) in [6, 6.07) is 5.57. The van der Waals surface area contributed by atoms with Crippen LogP contribution in [0.15, 0.2) is 18.2 Å². The maximum absolute atomic E-state index is 12.3. The second-order valence-corrected chi connectivity index (χ2v) is 7.42. The summed E-state index contributed by atoms with van der Waals surface area (Å²) in [4.78, 5) is 14.5. The smallest absolute Gasteiger partial charge is 0.389 e. The second kappa shape index (κ2) is 9.49. The second-order valence-electron chi connectivity index (χ2n) is 7.42. The zero-order chi connectivity index (χ0) is 20.0. The standard InChI is InChI=1S/C20H27F3N2O3/c21-20(22,23)7-3-4-19(26)24-16(14-25-8-1-2-9-25)12-15-5-6-17-18(13-15)28-11-10-27-17/h5-6,13,16H,1-4,7-12,14H2,(H,24,26)/t16-/m0/s1. The lowest BCUT2D eigenvalue weighted by atomic mass is 10.0. The summed E-state index contributed by atoms with van der Waals surface area (Å²) in [6.07, 6.45) is -2.59. The van der Waals surface area contributed by atoms with Crippen molar-refractivity contribution in [3.05, 3.63) is 23.8 Å². The highest BCUT2D eigenvalue weighted by molar-refractivity contribution is 5.76. The van der Waals surface area contributed by atoms with E-state index < -0.39 is 12.6 Å².